The summed E-state index contributed by atoms with van der Waals surface area (Å²) in [5.41, 5.74) is 7.51. The van der Waals surface area contributed by atoms with Crippen molar-refractivity contribution in [3.8, 4) is 10.6 Å². The van der Waals surface area contributed by atoms with Gasteiger partial charge in [0.2, 0.25) is 0 Å². The summed E-state index contributed by atoms with van der Waals surface area (Å²) in [6.45, 7) is 0.449. The molecule has 0 unspecified atom stereocenters. The van der Waals surface area contributed by atoms with E-state index in [1.807, 2.05) is 24.3 Å². The second kappa shape index (κ2) is 4.61. The number of benzene rings is 1. The van der Waals surface area contributed by atoms with Crippen molar-refractivity contribution in [2.24, 2.45) is 5.73 Å². The maximum Gasteiger partial charge on any atom is 0.124 e. The Morgan fingerprint density at radius 1 is 1.33 bits per heavy atom. The SMILES string of the molecule is NCc1nc(-c2ccc(Cl)cc2)sc1Br. The van der Waals surface area contributed by atoms with Gasteiger partial charge in [-0.25, -0.2) is 4.98 Å². The maximum absolute atomic E-state index is 5.82. The van der Waals surface area contributed by atoms with Crippen molar-refractivity contribution < 1.29 is 0 Å². The van der Waals surface area contributed by atoms with E-state index in [0.717, 1.165) is 25.1 Å². The molecule has 0 fully saturated rings. The van der Waals surface area contributed by atoms with Crippen LogP contribution in [0.3, 0.4) is 0 Å². The smallest absolute Gasteiger partial charge is 0.124 e. The highest BCUT2D eigenvalue weighted by atomic mass is 79.9. The molecule has 1 aromatic carbocycles. The van der Waals surface area contributed by atoms with Crippen molar-refractivity contribution in [3.05, 3.63) is 38.8 Å². The fourth-order valence-corrected chi connectivity index (χ4v) is 2.84. The molecule has 0 aliphatic heterocycles. The number of thiazole rings is 1. The van der Waals surface area contributed by atoms with Gasteiger partial charge < -0.3 is 5.73 Å². The molecule has 0 saturated carbocycles. The Labute approximate surface area is 105 Å². The topological polar surface area (TPSA) is 38.9 Å². The fraction of sp³-hybridized carbons (Fsp3) is 0.100. The zero-order valence-electron chi connectivity index (χ0n) is 7.71. The monoisotopic (exact) mass is 302 g/mol. The second-order valence-corrected chi connectivity index (χ2v) is 5.70. The third-order valence-corrected chi connectivity index (χ3v) is 4.06. The largest absolute Gasteiger partial charge is 0.325 e. The Morgan fingerprint density at radius 2 is 2.00 bits per heavy atom. The molecular weight excluding hydrogens is 296 g/mol. The van der Waals surface area contributed by atoms with Gasteiger partial charge in [0.15, 0.2) is 0 Å². The van der Waals surface area contributed by atoms with E-state index < -0.39 is 0 Å². The van der Waals surface area contributed by atoms with Gasteiger partial charge in [0, 0.05) is 17.1 Å². The van der Waals surface area contributed by atoms with E-state index in [9.17, 15) is 0 Å². The van der Waals surface area contributed by atoms with E-state index in [1.165, 1.54) is 0 Å². The van der Waals surface area contributed by atoms with Crippen LogP contribution in [-0.2, 0) is 6.54 Å². The Morgan fingerprint density at radius 3 is 2.53 bits per heavy atom. The van der Waals surface area contributed by atoms with Crippen molar-refractivity contribution in [2.75, 3.05) is 0 Å². The van der Waals surface area contributed by atoms with Gasteiger partial charge in [-0.05, 0) is 28.1 Å². The van der Waals surface area contributed by atoms with Crippen LogP contribution < -0.4 is 5.73 Å². The predicted octanol–water partition coefficient (Wildman–Crippen LogP) is 3.68. The highest BCUT2D eigenvalue weighted by molar-refractivity contribution is 9.11. The molecule has 15 heavy (non-hydrogen) atoms. The van der Waals surface area contributed by atoms with Gasteiger partial charge in [-0.15, -0.1) is 11.3 Å². The van der Waals surface area contributed by atoms with Gasteiger partial charge in [0.05, 0.1) is 9.48 Å². The number of hydrogen-bond acceptors (Lipinski definition) is 3. The third-order valence-electron chi connectivity index (χ3n) is 1.93. The number of nitrogens with two attached hydrogens (primary N) is 1. The first-order chi connectivity index (χ1) is 7.20. The van der Waals surface area contributed by atoms with Gasteiger partial charge >= 0.3 is 0 Å². The van der Waals surface area contributed by atoms with Crippen LogP contribution >= 0.6 is 38.9 Å². The molecule has 0 aliphatic carbocycles. The number of hydrogen-bond donors (Lipinski definition) is 1. The third kappa shape index (κ3) is 2.39. The van der Waals surface area contributed by atoms with Crippen molar-refractivity contribution >= 4 is 38.9 Å². The first kappa shape index (κ1) is 11.1. The molecule has 0 bridgehead atoms. The van der Waals surface area contributed by atoms with Crippen LogP contribution in [0.1, 0.15) is 5.69 Å². The minimum atomic E-state index is 0.449. The zero-order chi connectivity index (χ0) is 10.8. The summed E-state index contributed by atoms with van der Waals surface area (Å²) in [5, 5.41) is 1.69. The Bertz CT molecular complexity index is 467. The lowest BCUT2D eigenvalue weighted by Crippen LogP contribution is -1.96. The first-order valence-electron chi connectivity index (χ1n) is 4.32. The van der Waals surface area contributed by atoms with E-state index >= 15 is 0 Å². The number of nitrogens with zero attached hydrogens (tertiary/aromatic N) is 1. The molecule has 2 rings (SSSR count). The number of rotatable bonds is 2. The van der Waals surface area contributed by atoms with Crippen LogP contribution in [-0.4, -0.2) is 4.98 Å². The van der Waals surface area contributed by atoms with Crippen LogP contribution in [0.2, 0.25) is 5.02 Å². The van der Waals surface area contributed by atoms with E-state index in [-0.39, 0.29) is 0 Å². The Hall–Kier alpha value is -0.420. The summed E-state index contributed by atoms with van der Waals surface area (Å²) in [4.78, 5) is 4.43. The predicted molar refractivity (Wildman–Crippen MR) is 68.2 cm³/mol. The van der Waals surface area contributed by atoms with Crippen LogP contribution in [0.4, 0.5) is 0 Å². The summed E-state index contributed by atoms with van der Waals surface area (Å²) in [7, 11) is 0. The van der Waals surface area contributed by atoms with Crippen molar-refractivity contribution in [1.82, 2.24) is 4.98 Å². The van der Waals surface area contributed by atoms with Crippen molar-refractivity contribution in [1.29, 1.82) is 0 Å². The summed E-state index contributed by atoms with van der Waals surface area (Å²) >= 11 is 10.8. The van der Waals surface area contributed by atoms with Gasteiger partial charge in [-0.1, -0.05) is 23.7 Å². The normalized spacial score (nSPS) is 10.6. The molecule has 0 saturated heterocycles. The molecule has 2 aromatic rings. The summed E-state index contributed by atoms with van der Waals surface area (Å²) < 4.78 is 0.995. The first-order valence-corrected chi connectivity index (χ1v) is 6.30. The highest BCUT2D eigenvalue weighted by Gasteiger charge is 2.08. The number of halogens is 2. The lowest BCUT2D eigenvalue weighted by molar-refractivity contribution is 1.01. The van der Waals surface area contributed by atoms with Gasteiger partial charge in [-0.3, -0.25) is 0 Å². The van der Waals surface area contributed by atoms with E-state index in [2.05, 4.69) is 20.9 Å². The molecule has 1 aromatic heterocycles. The zero-order valence-corrected chi connectivity index (χ0v) is 10.9. The molecule has 0 aliphatic rings. The quantitative estimate of drug-likeness (QED) is 0.919. The minimum absolute atomic E-state index is 0.449. The lowest BCUT2D eigenvalue weighted by Gasteiger charge is -1.95. The minimum Gasteiger partial charge on any atom is -0.325 e. The molecule has 2 N–H and O–H groups in total. The Kier molecular flexibility index (Phi) is 3.41. The highest BCUT2D eigenvalue weighted by Crippen LogP contribution is 2.32. The molecule has 0 radical (unpaired) electrons. The van der Waals surface area contributed by atoms with Gasteiger partial charge in [0.25, 0.3) is 0 Å². The molecule has 0 atom stereocenters. The van der Waals surface area contributed by atoms with Crippen LogP contribution in [0.5, 0.6) is 0 Å². The molecular formula is C10H8BrClN2S. The van der Waals surface area contributed by atoms with E-state index in [4.69, 9.17) is 17.3 Å². The fourth-order valence-electron chi connectivity index (χ4n) is 1.17. The molecule has 0 amide bonds. The summed E-state index contributed by atoms with van der Waals surface area (Å²) in [6.07, 6.45) is 0. The molecule has 5 heteroatoms. The van der Waals surface area contributed by atoms with Crippen molar-refractivity contribution in [3.63, 3.8) is 0 Å². The van der Waals surface area contributed by atoms with Gasteiger partial charge in [0.1, 0.15) is 5.01 Å². The average molecular weight is 304 g/mol. The lowest BCUT2D eigenvalue weighted by atomic mass is 10.2. The Balaban J connectivity index is 2.41. The molecule has 78 valence electrons. The van der Waals surface area contributed by atoms with Crippen LogP contribution in [0.25, 0.3) is 10.6 Å². The molecule has 1 heterocycles. The molecule has 0 spiro atoms. The van der Waals surface area contributed by atoms with Crippen LogP contribution in [0.15, 0.2) is 28.1 Å². The van der Waals surface area contributed by atoms with Crippen molar-refractivity contribution in [2.45, 2.75) is 6.54 Å². The average Bonchev–Trinajstić information content (AvgIpc) is 2.61. The van der Waals surface area contributed by atoms with E-state index in [1.54, 1.807) is 11.3 Å². The maximum atomic E-state index is 5.82. The number of aromatic nitrogens is 1. The summed E-state index contributed by atoms with van der Waals surface area (Å²) in [6, 6.07) is 7.62. The van der Waals surface area contributed by atoms with E-state index in [0.29, 0.717) is 6.54 Å². The second-order valence-electron chi connectivity index (χ2n) is 2.95. The molecule has 2 nitrogen and oxygen atoms in total. The van der Waals surface area contributed by atoms with Crippen LogP contribution in [0, 0.1) is 0 Å². The van der Waals surface area contributed by atoms with Gasteiger partial charge in [-0.2, -0.15) is 0 Å². The standard InChI is InChI=1S/C10H8BrClN2S/c11-9-8(5-13)14-10(15-9)6-1-3-7(12)4-2-6/h1-4H,5,13H2. The summed E-state index contributed by atoms with van der Waals surface area (Å²) in [5.74, 6) is 0.